The molecule has 0 spiro atoms. The van der Waals surface area contributed by atoms with E-state index in [-0.39, 0.29) is 11.7 Å². The van der Waals surface area contributed by atoms with Crippen LogP contribution in [0.1, 0.15) is 16.0 Å². The van der Waals surface area contributed by atoms with Crippen LogP contribution in [-0.4, -0.2) is 31.4 Å². The smallest absolute Gasteiger partial charge is 0.236 e. The lowest BCUT2D eigenvalue weighted by Crippen LogP contribution is -2.14. The van der Waals surface area contributed by atoms with Crippen molar-refractivity contribution in [2.75, 3.05) is 11.1 Å². The number of carbonyl (C=O) groups excluding carboxylic acids is 1. The van der Waals surface area contributed by atoms with E-state index in [1.165, 1.54) is 23.1 Å². The quantitative estimate of drug-likeness (QED) is 0.226. The standard InChI is InChI=1S/C27H22ClN5OS2/c1-18-7-5-12-22(13-18)33-25(20-9-3-2-4-10-20)31-32-27(33)35-17-24(34)30-26-29-16-23(36-26)15-19-8-6-11-21(28)14-19/h2-14,16H,15,17H2,1H3,(H,29,30,34). The van der Waals surface area contributed by atoms with Crippen molar-refractivity contribution < 1.29 is 4.79 Å². The largest absolute Gasteiger partial charge is 0.301 e. The van der Waals surface area contributed by atoms with Gasteiger partial charge in [0.15, 0.2) is 16.1 Å². The fraction of sp³-hybridized carbons (Fsp3) is 0.111. The molecule has 6 nitrogen and oxygen atoms in total. The van der Waals surface area contributed by atoms with Crippen LogP contribution in [0.3, 0.4) is 0 Å². The van der Waals surface area contributed by atoms with Gasteiger partial charge in [-0.2, -0.15) is 0 Å². The summed E-state index contributed by atoms with van der Waals surface area (Å²) in [5, 5.41) is 13.7. The van der Waals surface area contributed by atoms with Gasteiger partial charge >= 0.3 is 0 Å². The minimum atomic E-state index is -0.149. The van der Waals surface area contributed by atoms with Gasteiger partial charge in [-0.25, -0.2) is 4.98 Å². The molecule has 3 aromatic carbocycles. The fourth-order valence-corrected chi connectivity index (χ4v) is 5.55. The highest BCUT2D eigenvalue weighted by atomic mass is 35.5. The molecule has 0 bridgehead atoms. The molecule has 180 valence electrons. The lowest BCUT2D eigenvalue weighted by Gasteiger charge is -2.11. The molecule has 1 amide bonds. The topological polar surface area (TPSA) is 72.7 Å². The molecule has 5 rings (SSSR count). The molecule has 0 saturated heterocycles. The van der Waals surface area contributed by atoms with Gasteiger partial charge in [0.25, 0.3) is 0 Å². The molecule has 2 aromatic heterocycles. The molecule has 0 radical (unpaired) electrons. The minimum absolute atomic E-state index is 0.149. The second-order valence-corrected chi connectivity index (χ2v) is 10.6. The molecule has 0 saturated carbocycles. The van der Waals surface area contributed by atoms with Crippen molar-refractivity contribution in [3.8, 4) is 17.1 Å². The second kappa shape index (κ2) is 11.1. The van der Waals surface area contributed by atoms with Crippen LogP contribution in [0.4, 0.5) is 5.13 Å². The number of nitrogens with one attached hydrogen (secondary N) is 1. The van der Waals surface area contributed by atoms with E-state index in [0.29, 0.717) is 21.7 Å². The number of carbonyl (C=O) groups is 1. The van der Waals surface area contributed by atoms with Crippen LogP contribution in [-0.2, 0) is 11.2 Å². The Bertz CT molecular complexity index is 1500. The van der Waals surface area contributed by atoms with E-state index in [1.807, 2.05) is 84.3 Å². The third-order valence-electron chi connectivity index (χ3n) is 5.32. The van der Waals surface area contributed by atoms with E-state index >= 15 is 0 Å². The van der Waals surface area contributed by atoms with Crippen molar-refractivity contribution in [2.24, 2.45) is 0 Å². The first-order valence-electron chi connectivity index (χ1n) is 11.2. The maximum Gasteiger partial charge on any atom is 0.236 e. The molecule has 0 aliphatic heterocycles. The van der Waals surface area contributed by atoms with Gasteiger partial charge in [-0.1, -0.05) is 78.0 Å². The predicted molar refractivity (Wildman–Crippen MR) is 147 cm³/mol. The van der Waals surface area contributed by atoms with E-state index in [2.05, 4.69) is 26.6 Å². The number of benzene rings is 3. The summed E-state index contributed by atoms with van der Waals surface area (Å²) in [6.45, 7) is 2.05. The number of amides is 1. The molecule has 0 unspecified atom stereocenters. The number of hydrogen-bond acceptors (Lipinski definition) is 6. The number of thioether (sulfide) groups is 1. The summed E-state index contributed by atoms with van der Waals surface area (Å²) in [7, 11) is 0. The van der Waals surface area contributed by atoms with Gasteiger partial charge in [0.2, 0.25) is 5.91 Å². The van der Waals surface area contributed by atoms with Gasteiger partial charge < -0.3 is 5.32 Å². The Kier molecular flexibility index (Phi) is 7.46. The van der Waals surface area contributed by atoms with Crippen molar-refractivity contribution in [3.63, 3.8) is 0 Å². The molecule has 0 atom stereocenters. The van der Waals surface area contributed by atoms with E-state index in [4.69, 9.17) is 11.6 Å². The number of thiazole rings is 1. The predicted octanol–water partition coefficient (Wildman–Crippen LogP) is 6.67. The number of aryl methyl sites for hydroxylation is 1. The van der Waals surface area contributed by atoms with E-state index in [1.54, 1.807) is 6.20 Å². The zero-order valence-corrected chi connectivity index (χ0v) is 21.8. The number of anilines is 1. The van der Waals surface area contributed by atoms with Crippen molar-refractivity contribution in [1.29, 1.82) is 0 Å². The Hall–Kier alpha value is -3.46. The van der Waals surface area contributed by atoms with Gasteiger partial charge in [-0.3, -0.25) is 9.36 Å². The van der Waals surface area contributed by atoms with Crippen LogP contribution in [0.2, 0.25) is 5.02 Å². The molecular formula is C27H22ClN5OS2. The maximum absolute atomic E-state index is 12.7. The molecule has 0 aliphatic carbocycles. The maximum atomic E-state index is 12.7. The summed E-state index contributed by atoms with van der Waals surface area (Å²) in [5.74, 6) is 0.764. The van der Waals surface area contributed by atoms with Crippen LogP contribution in [0.25, 0.3) is 17.1 Å². The first-order chi connectivity index (χ1) is 17.5. The Labute approximate surface area is 222 Å². The SMILES string of the molecule is Cc1cccc(-n2c(SCC(=O)Nc3ncc(Cc4cccc(Cl)c4)s3)nnc2-c2ccccc2)c1. The highest BCUT2D eigenvalue weighted by Crippen LogP contribution is 2.29. The summed E-state index contributed by atoms with van der Waals surface area (Å²) in [4.78, 5) is 18.1. The summed E-state index contributed by atoms with van der Waals surface area (Å²) < 4.78 is 1.99. The lowest BCUT2D eigenvalue weighted by atomic mass is 10.1. The lowest BCUT2D eigenvalue weighted by molar-refractivity contribution is -0.113. The molecule has 9 heteroatoms. The number of aromatic nitrogens is 4. The minimum Gasteiger partial charge on any atom is -0.301 e. The van der Waals surface area contributed by atoms with Crippen LogP contribution in [0.15, 0.2) is 90.2 Å². The highest BCUT2D eigenvalue weighted by Gasteiger charge is 2.18. The van der Waals surface area contributed by atoms with Gasteiger partial charge in [-0.15, -0.1) is 21.5 Å². The fourth-order valence-electron chi connectivity index (χ4n) is 3.72. The first kappa shape index (κ1) is 24.2. The van der Waals surface area contributed by atoms with E-state index < -0.39 is 0 Å². The van der Waals surface area contributed by atoms with Crippen molar-refractivity contribution in [1.82, 2.24) is 19.7 Å². The van der Waals surface area contributed by atoms with Crippen LogP contribution < -0.4 is 5.32 Å². The van der Waals surface area contributed by atoms with Gasteiger partial charge in [0, 0.05) is 33.8 Å². The molecule has 0 fully saturated rings. The van der Waals surface area contributed by atoms with Crippen LogP contribution in [0, 0.1) is 6.92 Å². The average Bonchev–Trinajstić information content (AvgIpc) is 3.50. The number of halogens is 1. The number of hydrogen-bond donors (Lipinski definition) is 1. The van der Waals surface area contributed by atoms with Crippen molar-refractivity contribution >= 4 is 45.7 Å². The van der Waals surface area contributed by atoms with Crippen molar-refractivity contribution in [2.45, 2.75) is 18.5 Å². The van der Waals surface area contributed by atoms with E-state index in [0.717, 1.165) is 33.1 Å². The Morgan fingerprint density at radius 3 is 2.67 bits per heavy atom. The summed E-state index contributed by atoms with van der Waals surface area (Å²) in [5.41, 5.74) is 4.14. The zero-order chi connectivity index (χ0) is 24.9. The molecule has 2 heterocycles. The van der Waals surface area contributed by atoms with Gasteiger partial charge in [0.05, 0.1) is 5.75 Å². The third kappa shape index (κ3) is 5.84. The monoisotopic (exact) mass is 531 g/mol. The Morgan fingerprint density at radius 1 is 1.03 bits per heavy atom. The molecule has 36 heavy (non-hydrogen) atoms. The first-order valence-corrected chi connectivity index (χ1v) is 13.4. The zero-order valence-electron chi connectivity index (χ0n) is 19.4. The molecular weight excluding hydrogens is 510 g/mol. The summed E-state index contributed by atoms with van der Waals surface area (Å²) in [6.07, 6.45) is 2.50. The summed E-state index contributed by atoms with van der Waals surface area (Å²) >= 11 is 8.88. The van der Waals surface area contributed by atoms with Crippen LogP contribution >= 0.6 is 34.7 Å². The number of nitrogens with zero attached hydrogens (tertiary/aromatic N) is 4. The summed E-state index contributed by atoms with van der Waals surface area (Å²) in [6, 6.07) is 25.8. The van der Waals surface area contributed by atoms with Gasteiger partial charge in [0.1, 0.15) is 0 Å². The second-order valence-electron chi connectivity index (χ2n) is 8.12. The Morgan fingerprint density at radius 2 is 1.86 bits per heavy atom. The number of rotatable bonds is 8. The van der Waals surface area contributed by atoms with Crippen LogP contribution in [0.5, 0.6) is 0 Å². The normalized spacial score (nSPS) is 10.9. The Balaban J connectivity index is 1.29. The molecule has 1 N–H and O–H groups in total. The molecule has 5 aromatic rings. The highest BCUT2D eigenvalue weighted by molar-refractivity contribution is 7.99. The van der Waals surface area contributed by atoms with E-state index in [9.17, 15) is 4.79 Å². The van der Waals surface area contributed by atoms with Crippen molar-refractivity contribution in [3.05, 3.63) is 106 Å². The average molecular weight is 532 g/mol. The molecule has 0 aliphatic rings. The van der Waals surface area contributed by atoms with Gasteiger partial charge in [-0.05, 0) is 42.3 Å². The third-order valence-corrected chi connectivity index (χ3v) is 7.40.